The highest BCUT2D eigenvalue weighted by atomic mass is 32.2. The van der Waals surface area contributed by atoms with Crippen LogP contribution in [-0.2, 0) is 5.75 Å². The van der Waals surface area contributed by atoms with E-state index in [-0.39, 0.29) is 5.43 Å². The van der Waals surface area contributed by atoms with E-state index in [1.807, 2.05) is 0 Å². The van der Waals surface area contributed by atoms with E-state index in [0.29, 0.717) is 17.3 Å². The van der Waals surface area contributed by atoms with Gasteiger partial charge >= 0.3 is 0 Å². The SMILES string of the molecule is COc1c(CSCCC2CC2)occc1=O. The topological polar surface area (TPSA) is 39.4 Å². The van der Waals surface area contributed by atoms with Crippen LogP contribution in [0.3, 0.4) is 0 Å². The average Bonchev–Trinajstić information content (AvgIpc) is 3.08. The highest BCUT2D eigenvalue weighted by Crippen LogP contribution is 2.34. The Bertz CT molecular complexity index is 395. The quantitative estimate of drug-likeness (QED) is 0.717. The Balaban J connectivity index is 1.87. The standard InChI is InChI=1S/C12H16O3S/c1-14-12-10(13)4-6-15-11(12)8-16-7-5-9-2-3-9/h4,6,9H,2-3,5,7-8H2,1H3. The maximum absolute atomic E-state index is 11.4. The van der Waals surface area contributed by atoms with Gasteiger partial charge in [-0.15, -0.1) is 0 Å². The van der Waals surface area contributed by atoms with Gasteiger partial charge in [0.25, 0.3) is 0 Å². The van der Waals surface area contributed by atoms with Gasteiger partial charge in [0, 0.05) is 6.07 Å². The Hall–Kier alpha value is -0.900. The molecule has 0 aliphatic heterocycles. The van der Waals surface area contributed by atoms with Crippen molar-refractivity contribution in [1.82, 2.24) is 0 Å². The molecule has 1 aliphatic carbocycles. The van der Waals surface area contributed by atoms with Crippen LogP contribution in [0.5, 0.6) is 5.75 Å². The minimum Gasteiger partial charge on any atom is -0.490 e. The van der Waals surface area contributed by atoms with Gasteiger partial charge in [-0.05, 0) is 18.1 Å². The van der Waals surface area contributed by atoms with Crippen LogP contribution >= 0.6 is 11.8 Å². The summed E-state index contributed by atoms with van der Waals surface area (Å²) in [6.07, 6.45) is 5.50. The van der Waals surface area contributed by atoms with Gasteiger partial charge in [-0.25, -0.2) is 0 Å². The van der Waals surface area contributed by atoms with Crippen molar-refractivity contribution in [1.29, 1.82) is 0 Å². The molecule has 1 fully saturated rings. The number of methoxy groups -OCH3 is 1. The highest BCUT2D eigenvalue weighted by molar-refractivity contribution is 7.98. The van der Waals surface area contributed by atoms with Crippen molar-refractivity contribution in [3.8, 4) is 5.75 Å². The van der Waals surface area contributed by atoms with Gasteiger partial charge in [0.2, 0.25) is 11.2 Å². The number of ether oxygens (including phenoxy) is 1. The van der Waals surface area contributed by atoms with Crippen LogP contribution in [0.2, 0.25) is 0 Å². The Morgan fingerprint density at radius 1 is 1.56 bits per heavy atom. The number of hydrogen-bond acceptors (Lipinski definition) is 4. The number of rotatable bonds is 6. The van der Waals surface area contributed by atoms with Crippen molar-refractivity contribution in [2.24, 2.45) is 5.92 Å². The molecule has 1 heterocycles. The zero-order valence-corrected chi connectivity index (χ0v) is 10.2. The van der Waals surface area contributed by atoms with E-state index in [1.54, 1.807) is 11.8 Å². The molecule has 0 amide bonds. The highest BCUT2D eigenvalue weighted by Gasteiger charge is 2.20. The maximum Gasteiger partial charge on any atom is 0.227 e. The number of hydrogen-bond donors (Lipinski definition) is 0. The largest absolute Gasteiger partial charge is 0.490 e. The monoisotopic (exact) mass is 240 g/mol. The molecule has 0 bridgehead atoms. The predicted molar refractivity (Wildman–Crippen MR) is 65.0 cm³/mol. The first kappa shape index (κ1) is 11.6. The van der Waals surface area contributed by atoms with Crippen molar-refractivity contribution in [2.45, 2.75) is 25.0 Å². The van der Waals surface area contributed by atoms with Crippen LogP contribution in [-0.4, -0.2) is 12.9 Å². The van der Waals surface area contributed by atoms with Crippen molar-refractivity contribution in [3.63, 3.8) is 0 Å². The van der Waals surface area contributed by atoms with Crippen LogP contribution in [0.15, 0.2) is 21.5 Å². The van der Waals surface area contributed by atoms with E-state index in [4.69, 9.17) is 9.15 Å². The summed E-state index contributed by atoms with van der Waals surface area (Å²) in [4.78, 5) is 11.4. The van der Waals surface area contributed by atoms with Gasteiger partial charge in [-0.1, -0.05) is 12.8 Å². The molecule has 1 saturated carbocycles. The molecule has 16 heavy (non-hydrogen) atoms. The minimum atomic E-state index is -0.105. The third kappa shape index (κ3) is 3.04. The van der Waals surface area contributed by atoms with Crippen molar-refractivity contribution < 1.29 is 9.15 Å². The Morgan fingerprint density at radius 3 is 3.06 bits per heavy atom. The molecule has 88 valence electrons. The van der Waals surface area contributed by atoms with Crippen LogP contribution < -0.4 is 10.2 Å². The van der Waals surface area contributed by atoms with Gasteiger partial charge in [0.1, 0.15) is 0 Å². The van der Waals surface area contributed by atoms with E-state index >= 15 is 0 Å². The molecule has 0 radical (unpaired) electrons. The summed E-state index contributed by atoms with van der Waals surface area (Å²) in [5.74, 6) is 3.80. The molecule has 2 rings (SSSR count). The first-order valence-corrected chi connectivity index (χ1v) is 6.69. The van der Waals surface area contributed by atoms with Crippen molar-refractivity contribution in [2.75, 3.05) is 12.9 Å². The van der Waals surface area contributed by atoms with Gasteiger partial charge in [-0.2, -0.15) is 11.8 Å². The summed E-state index contributed by atoms with van der Waals surface area (Å²) in [6.45, 7) is 0. The molecule has 0 saturated heterocycles. The predicted octanol–water partition coefficient (Wildman–Crippen LogP) is 2.68. The second kappa shape index (κ2) is 5.43. The summed E-state index contributed by atoms with van der Waals surface area (Å²) >= 11 is 1.80. The summed E-state index contributed by atoms with van der Waals surface area (Å²) in [6, 6.07) is 1.39. The zero-order chi connectivity index (χ0) is 11.4. The van der Waals surface area contributed by atoms with Gasteiger partial charge in [0.05, 0.1) is 19.1 Å². The first-order chi connectivity index (χ1) is 7.81. The summed E-state index contributed by atoms with van der Waals surface area (Å²) < 4.78 is 10.4. The minimum absolute atomic E-state index is 0.105. The van der Waals surface area contributed by atoms with Gasteiger partial charge < -0.3 is 9.15 Å². The summed E-state index contributed by atoms with van der Waals surface area (Å²) in [5, 5.41) is 0. The molecule has 1 aromatic rings. The fraction of sp³-hybridized carbons (Fsp3) is 0.583. The lowest BCUT2D eigenvalue weighted by Crippen LogP contribution is -2.06. The molecule has 3 nitrogen and oxygen atoms in total. The lowest BCUT2D eigenvalue weighted by molar-refractivity contribution is 0.374. The van der Waals surface area contributed by atoms with Crippen molar-refractivity contribution >= 4 is 11.8 Å². The van der Waals surface area contributed by atoms with E-state index in [1.165, 1.54) is 38.7 Å². The summed E-state index contributed by atoms with van der Waals surface area (Å²) in [5.41, 5.74) is -0.105. The average molecular weight is 240 g/mol. The molecule has 0 N–H and O–H groups in total. The summed E-state index contributed by atoms with van der Waals surface area (Å²) in [7, 11) is 1.50. The molecule has 0 unspecified atom stereocenters. The molecule has 1 aromatic heterocycles. The second-order valence-electron chi connectivity index (χ2n) is 4.03. The van der Waals surface area contributed by atoms with Gasteiger partial charge in [0.15, 0.2) is 5.76 Å². The van der Waals surface area contributed by atoms with E-state index in [0.717, 1.165) is 11.7 Å². The normalized spacial score (nSPS) is 15.1. The van der Waals surface area contributed by atoms with Crippen LogP contribution in [0, 0.1) is 5.92 Å². The fourth-order valence-electron chi connectivity index (χ4n) is 1.58. The molecular formula is C12H16O3S. The van der Waals surface area contributed by atoms with E-state index in [2.05, 4.69) is 0 Å². The van der Waals surface area contributed by atoms with Crippen LogP contribution in [0.4, 0.5) is 0 Å². The van der Waals surface area contributed by atoms with E-state index < -0.39 is 0 Å². The lowest BCUT2D eigenvalue weighted by Gasteiger charge is -2.05. The smallest absolute Gasteiger partial charge is 0.227 e. The van der Waals surface area contributed by atoms with Crippen LogP contribution in [0.25, 0.3) is 0 Å². The molecule has 0 atom stereocenters. The first-order valence-electron chi connectivity index (χ1n) is 5.53. The Labute approximate surface area is 99.2 Å². The Morgan fingerprint density at radius 2 is 2.38 bits per heavy atom. The molecule has 0 spiro atoms. The molecule has 0 aromatic carbocycles. The second-order valence-corrected chi connectivity index (χ2v) is 5.13. The molecule has 1 aliphatic rings. The number of thioether (sulfide) groups is 1. The lowest BCUT2D eigenvalue weighted by atomic mass is 10.3. The maximum atomic E-state index is 11.4. The third-order valence-corrected chi connectivity index (χ3v) is 3.70. The molecular weight excluding hydrogens is 224 g/mol. The zero-order valence-electron chi connectivity index (χ0n) is 9.40. The van der Waals surface area contributed by atoms with Gasteiger partial charge in [-0.3, -0.25) is 4.79 Å². The van der Waals surface area contributed by atoms with Crippen molar-refractivity contribution in [3.05, 3.63) is 28.3 Å². The van der Waals surface area contributed by atoms with Crippen LogP contribution in [0.1, 0.15) is 25.0 Å². The molecule has 4 heteroatoms. The van der Waals surface area contributed by atoms with E-state index in [9.17, 15) is 4.79 Å². The Kier molecular flexibility index (Phi) is 3.93. The third-order valence-electron chi connectivity index (χ3n) is 2.71. The fourth-order valence-corrected chi connectivity index (χ4v) is 2.61.